The Balaban J connectivity index is 1.84. The van der Waals surface area contributed by atoms with E-state index >= 15 is 0 Å². The van der Waals surface area contributed by atoms with Crippen molar-refractivity contribution in [1.29, 1.82) is 0 Å². The Morgan fingerprint density at radius 3 is 2.25 bits per heavy atom. The molecular formula is C22H30N3O3+. The first-order valence-electron chi connectivity index (χ1n) is 9.40. The number of likely N-dealkylation sites (N-methyl/N-ethyl adjacent to an activating group) is 1. The molecule has 0 aliphatic carbocycles. The molecule has 150 valence electrons. The minimum Gasteiger partial charge on any atom is -0.497 e. The molecule has 2 atom stereocenters. The Kier molecular flexibility index (Phi) is 7.58. The lowest BCUT2D eigenvalue weighted by Gasteiger charge is -2.21. The third kappa shape index (κ3) is 5.82. The van der Waals surface area contributed by atoms with Crippen molar-refractivity contribution in [2.24, 2.45) is 0 Å². The molecule has 0 spiro atoms. The average molecular weight is 385 g/mol. The average Bonchev–Trinajstić information content (AvgIpc) is 2.69. The highest BCUT2D eigenvalue weighted by atomic mass is 16.5. The molecule has 0 aromatic heterocycles. The zero-order valence-electron chi connectivity index (χ0n) is 17.3. The van der Waals surface area contributed by atoms with Gasteiger partial charge >= 0.3 is 0 Å². The molecule has 0 aliphatic rings. The van der Waals surface area contributed by atoms with Crippen LogP contribution in [-0.2, 0) is 16.1 Å². The summed E-state index contributed by atoms with van der Waals surface area (Å²) in [6.07, 6.45) is 0. The third-order valence-corrected chi connectivity index (χ3v) is 4.94. The zero-order valence-corrected chi connectivity index (χ0v) is 17.3. The van der Waals surface area contributed by atoms with E-state index in [0.29, 0.717) is 6.54 Å². The van der Waals surface area contributed by atoms with Crippen molar-refractivity contribution in [1.82, 2.24) is 5.32 Å². The van der Waals surface area contributed by atoms with Gasteiger partial charge < -0.3 is 20.3 Å². The van der Waals surface area contributed by atoms with E-state index in [1.165, 1.54) is 0 Å². The number of rotatable bonds is 8. The summed E-state index contributed by atoms with van der Waals surface area (Å²) in [7, 11) is 3.60. The molecule has 0 heterocycles. The summed E-state index contributed by atoms with van der Waals surface area (Å²) in [6, 6.07) is 13.4. The van der Waals surface area contributed by atoms with Crippen molar-refractivity contribution in [3.63, 3.8) is 0 Å². The van der Waals surface area contributed by atoms with E-state index in [4.69, 9.17) is 4.74 Å². The number of anilines is 1. The summed E-state index contributed by atoms with van der Waals surface area (Å²) in [5.41, 5.74) is 3.91. The van der Waals surface area contributed by atoms with Gasteiger partial charge in [0.05, 0.1) is 20.7 Å². The highest BCUT2D eigenvalue weighted by Crippen LogP contribution is 2.19. The second-order valence-corrected chi connectivity index (χ2v) is 7.13. The number of amides is 2. The maximum absolute atomic E-state index is 12.4. The molecule has 0 aliphatic heterocycles. The van der Waals surface area contributed by atoms with Gasteiger partial charge in [-0.15, -0.1) is 0 Å². The van der Waals surface area contributed by atoms with Gasteiger partial charge in [0, 0.05) is 11.3 Å². The maximum Gasteiger partial charge on any atom is 0.278 e. The lowest BCUT2D eigenvalue weighted by atomic mass is 10.1. The van der Waals surface area contributed by atoms with Gasteiger partial charge in [0.25, 0.3) is 5.91 Å². The molecule has 28 heavy (non-hydrogen) atoms. The topological polar surface area (TPSA) is 71.9 Å². The third-order valence-electron chi connectivity index (χ3n) is 4.94. The van der Waals surface area contributed by atoms with Crippen molar-refractivity contribution in [2.45, 2.75) is 33.4 Å². The molecule has 2 aromatic rings. The molecular weight excluding hydrogens is 354 g/mol. The normalized spacial score (nSPS) is 12.8. The van der Waals surface area contributed by atoms with Gasteiger partial charge in [0.15, 0.2) is 6.04 Å². The van der Waals surface area contributed by atoms with Crippen LogP contribution in [0.1, 0.15) is 23.6 Å². The molecule has 3 N–H and O–H groups in total. The van der Waals surface area contributed by atoms with Crippen molar-refractivity contribution in [2.75, 3.05) is 26.0 Å². The Bertz CT molecular complexity index is 798. The number of methoxy groups -OCH3 is 1. The van der Waals surface area contributed by atoms with Crippen LogP contribution < -0.4 is 20.3 Å². The van der Waals surface area contributed by atoms with Gasteiger partial charge in [-0.25, -0.2) is 0 Å². The smallest absolute Gasteiger partial charge is 0.278 e. The van der Waals surface area contributed by atoms with Crippen molar-refractivity contribution >= 4 is 17.5 Å². The fourth-order valence-electron chi connectivity index (χ4n) is 2.96. The van der Waals surface area contributed by atoms with Crippen LogP contribution in [-0.4, -0.2) is 38.6 Å². The van der Waals surface area contributed by atoms with Gasteiger partial charge in [-0.2, -0.15) is 0 Å². The Hall–Kier alpha value is -2.86. The number of hydrogen-bond donors (Lipinski definition) is 3. The van der Waals surface area contributed by atoms with Crippen LogP contribution in [0.3, 0.4) is 0 Å². The van der Waals surface area contributed by atoms with Gasteiger partial charge in [-0.3, -0.25) is 9.59 Å². The molecule has 1 unspecified atom stereocenters. The summed E-state index contributed by atoms with van der Waals surface area (Å²) < 4.78 is 5.16. The summed E-state index contributed by atoms with van der Waals surface area (Å²) >= 11 is 0. The number of para-hydroxylation sites is 1. The number of quaternary nitrogens is 1. The van der Waals surface area contributed by atoms with Gasteiger partial charge in [-0.1, -0.05) is 18.2 Å². The molecule has 2 amide bonds. The van der Waals surface area contributed by atoms with E-state index in [-0.39, 0.29) is 24.4 Å². The molecule has 6 nitrogen and oxygen atoms in total. The van der Waals surface area contributed by atoms with Gasteiger partial charge in [0.1, 0.15) is 12.3 Å². The Labute approximate surface area is 166 Å². The predicted octanol–water partition coefficient (Wildman–Crippen LogP) is 1.47. The number of ether oxygens (including phenoxy) is 1. The number of hydrogen-bond acceptors (Lipinski definition) is 3. The minimum absolute atomic E-state index is 0.0488. The van der Waals surface area contributed by atoms with E-state index in [2.05, 4.69) is 10.6 Å². The predicted molar refractivity (Wildman–Crippen MR) is 111 cm³/mol. The van der Waals surface area contributed by atoms with E-state index in [0.717, 1.165) is 33.0 Å². The lowest BCUT2D eigenvalue weighted by Crippen LogP contribution is -3.12. The summed E-state index contributed by atoms with van der Waals surface area (Å²) in [5.74, 6) is 0.426. The molecule has 0 saturated carbocycles. The van der Waals surface area contributed by atoms with E-state index < -0.39 is 0 Å². The van der Waals surface area contributed by atoms with Crippen LogP contribution >= 0.6 is 0 Å². The quantitative estimate of drug-likeness (QED) is 0.645. The van der Waals surface area contributed by atoms with Crippen LogP contribution in [0, 0.1) is 13.8 Å². The molecule has 0 saturated heterocycles. The number of nitrogens with one attached hydrogen (secondary N) is 3. The van der Waals surface area contributed by atoms with Crippen LogP contribution in [0.2, 0.25) is 0 Å². The largest absolute Gasteiger partial charge is 0.497 e. The van der Waals surface area contributed by atoms with Crippen molar-refractivity contribution < 1.29 is 19.2 Å². The van der Waals surface area contributed by atoms with Crippen molar-refractivity contribution in [3.8, 4) is 5.75 Å². The van der Waals surface area contributed by atoms with Crippen LogP contribution in [0.5, 0.6) is 5.75 Å². The number of carbonyl (C=O) groups excluding carboxylic acids is 2. The zero-order chi connectivity index (χ0) is 20.7. The van der Waals surface area contributed by atoms with Crippen LogP contribution in [0.25, 0.3) is 0 Å². The monoisotopic (exact) mass is 384 g/mol. The first-order valence-corrected chi connectivity index (χ1v) is 9.40. The van der Waals surface area contributed by atoms with Gasteiger partial charge in [-0.05, 0) is 56.2 Å². The number of benzene rings is 2. The van der Waals surface area contributed by atoms with Crippen molar-refractivity contribution in [3.05, 3.63) is 59.2 Å². The second-order valence-electron chi connectivity index (χ2n) is 7.13. The molecule has 6 heteroatoms. The summed E-state index contributed by atoms with van der Waals surface area (Å²) in [4.78, 5) is 25.7. The molecule has 0 fully saturated rings. The van der Waals surface area contributed by atoms with E-state index in [1.54, 1.807) is 7.11 Å². The summed E-state index contributed by atoms with van der Waals surface area (Å²) in [6.45, 7) is 6.40. The minimum atomic E-state index is -0.282. The fourth-order valence-corrected chi connectivity index (χ4v) is 2.96. The standard InChI is InChI=1S/C22H29N3O3/c1-15-7-6-8-16(2)21(15)24-20(26)13-23-22(27)17(3)25(4)14-18-9-11-19(28-5)12-10-18/h6-12,17H,13-14H2,1-5H3,(H,23,27)(H,24,26)/p+1/t17-/m1/s1. The van der Waals surface area contributed by atoms with Crippen LogP contribution in [0.4, 0.5) is 5.69 Å². The molecule has 2 rings (SSSR count). The number of carbonyl (C=O) groups is 2. The van der Waals surface area contributed by atoms with Crippen LogP contribution in [0.15, 0.2) is 42.5 Å². The highest BCUT2D eigenvalue weighted by molar-refractivity contribution is 5.96. The molecule has 0 radical (unpaired) electrons. The molecule has 2 aromatic carbocycles. The van der Waals surface area contributed by atoms with E-state index in [1.807, 2.05) is 70.3 Å². The first kappa shape index (κ1) is 21.4. The van der Waals surface area contributed by atoms with E-state index in [9.17, 15) is 9.59 Å². The maximum atomic E-state index is 12.4. The lowest BCUT2D eigenvalue weighted by molar-refractivity contribution is -0.908. The molecule has 0 bridgehead atoms. The SMILES string of the molecule is COc1ccc(C[NH+](C)[C@H](C)C(=O)NCC(=O)Nc2c(C)cccc2C)cc1. The Morgan fingerprint density at radius 2 is 1.68 bits per heavy atom. The van der Waals surface area contributed by atoms with Gasteiger partial charge in [0.2, 0.25) is 5.91 Å². The fraction of sp³-hybridized carbons (Fsp3) is 0.364. The highest BCUT2D eigenvalue weighted by Gasteiger charge is 2.22. The number of aryl methyl sites for hydroxylation is 2. The summed E-state index contributed by atoms with van der Waals surface area (Å²) in [5, 5.41) is 5.61. The Morgan fingerprint density at radius 1 is 1.07 bits per heavy atom. The first-order chi connectivity index (χ1) is 13.3. The second kappa shape index (κ2) is 9.90.